The van der Waals surface area contributed by atoms with Crippen molar-refractivity contribution in [2.45, 2.75) is 19.4 Å². The highest BCUT2D eigenvalue weighted by atomic mass is 32.1. The first kappa shape index (κ1) is 19.8. The number of halogens is 5. The number of benzene rings is 2. The van der Waals surface area contributed by atoms with Crippen molar-refractivity contribution in [3.63, 3.8) is 0 Å². The monoisotopic (exact) mass is 418 g/mol. The van der Waals surface area contributed by atoms with Crippen molar-refractivity contribution in [2.24, 2.45) is 5.73 Å². The van der Waals surface area contributed by atoms with Crippen LogP contribution in [-0.2, 0) is 17.8 Å². The summed E-state index contributed by atoms with van der Waals surface area (Å²) in [4.78, 5) is 15.1. The van der Waals surface area contributed by atoms with E-state index in [1.54, 1.807) is 0 Å². The number of hydrogen-bond donors (Lipinski definition) is 1. The maximum Gasteiger partial charge on any atom is 0.573 e. The third kappa shape index (κ3) is 4.66. The molecule has 0 aliphatic heterocycles. The van der Waals surface area contributed by atoms with Crippen molar-refractivity contribution in [3.8, 4) is 11.5 Å². The van der Waals surface area contributed by atoms with E-state index in [2.05, 4.69) is 9.72 Å². The molecule has 0 saturated carbocycles. The molecule has 0 unspecified atom stereocenters. The van der Waals surface area contributed by atoms with Gasteiger partial charge in [-0.25, -0.2) is 13.8 Å². The fourth-order valence-corrected chi connectivity index (χ4v) is 3.28. The van der Waals surface area contributed by atoms with Crippen LogP contribution in [0.15, 0.2) is 30.3 Å². The molecule has 11 heteroatoms. The Kier molecular flexibility index (Phi) is 5.36. The van der Waals surface area contributed by atoms with Crippen molar-refractivity contribution in [2.75, 3.05) is 0 Å². The van der Waals surface area contributed by atoms with Crippen molar-refractivity contribution >= 4 is 27.5 Å². The second-order valence-corrected chi connectivity index (χ2v) is 6.67. The molecule has 2 aromatic carbocycles. The Bertz CT molecular complexity index is 1040. The molecule has 28 heavy (non-hydrogen) atoms. The molecule has 1 heterocycles. The molecule has 0 bridgehead atoms. The third-order valence-electron chi connectivity index (χ3n) is 3.49. The minimum Gasteiger partial charge on any atom is -0.483 e. The summed E-state index contributed by atoms with van der Waals surface area (Å²) < 4.78 is 74.3. The van der Waals surface area contributed by atoms with E-state index in [-0.39, 0.29) is 12.4 Å². The van der Waals surface area contributed by atoms with Gasteiger partial charge in [0.15, 0.2) is 11.6 Å². The molecule has 5 nitrogen and oxygen atoms in total. The number of primary amides is 1. The van der Waals surface area contributed by atoms with Gasteiger partial charge in [-0.15, -0.1) is 24.5 Å². The second kappa shape index (κ2) is 7.58. The Morgan fingerprint density at radius 3 is 2.61 bits per heavy atom. The van der Waals surface area contributed by atoms with Gasteiger partial charge in [-0.2, -0.15) is 0 Å². The molecule has 0 radical (unpaired) electrons. The molecular formula is C17H11F5N2O3S. The van der Waals surface area contributed by atoms with Gasteiger partial charge in [-0.3, -0.25) is 4.79 Å². The van der Waals surface area contributed by atoms with Gasteiger partial charge >= 0.3 is 6.36 Å². The van der Waals surface area contributed by atoms with E-state index >= 15 is 0 Å². The van der Waals surface area contributed by atoms with Gasteiger partial charge in [0, 0.05) is 5.56 Å². The lowest BCUT2D eigenvalue weighted by atomic mass is 10.1. The third-order valence-corrected chi connectivity index (χ3v) is 4.48. The van der Waals surface area contributed by atoms with Gasteiger partial charge in [-0.1, -0.05) is 0 Å². The molecule has 0 atom stereocenters. The first-order valence-corrected chi connectivity index (χ1v) is 8.47. The van der Waals surface area contributed by atoms with Crippen LogP contribution in [0.4, 0.5) is 22.0 Å². The topological polar surface area (TPSA) is 74.4 Å². The number of carbonyl (C=O) groups excluding carboxylic acids is 1. The van der Waals surface area contributed by atoms with Crippen molar-refractivity contribution in [1.82, 2.24) is 4.98 Å². The van der Waals surface area contributed by atoms with Crippen LogP contribution >= 0.6 is 11.3 Å². The molecule has 1 amide bonds. The quantitative estimate of drug-likeness (QED) is 0.613. The summed E-state index contributed by atoms with van der Waals surface area (Å²) in [6.45, 7) is -0.215. The molecule has 1 aromatic heterocycles. The highest BCUT2D eigenvalue weighted by Crippen LogP contribution is 2.31. The summed E-state index contributed by atoms with van der Waals surface area (Å²) in [7, 11) is 0. The fourth-order valence-electron chi connectivity index (χ4n) is 2.37. The minimum absolute atomic E-state index is 0.215. The van der Waals surface area contributed by atoms with Crippen molar-refractivity contribution < 1.29 is 36.2 Å². The van der Waals surface area contributed by atoms with Crippen molar-refractivity contribution in [1.29, 1.82) is 0 Å². The Labute approximate surface area is 158 Å². The van der Waals surface area contributed by atoms with Crippen LogP contribution in [0.5, 0.6) is 11.5 Å². The van der Waals surface area contributed by atoms with Crippen LogP contribution in [0, 0.1) is 11.6 Å². The van der Waals surface area contributed by atoms with Crippen molar-refractivity contribution in [3.05, 3.63) is 52.5 Å². The Morgan fingerprint density at radius 1 is 1.18 bits per heavy atom. The summed E-state index contributed by atoms with van der Waals surface area (Å²) >= 11 is 1.03. The number of fused-ring (bicyclic) bond motifs is 1. The first-order chi connectivity index (χ1) is 13.1. The zero-order valence-electron chi connectivity index (χ0n) is 13.8. The van der Waals surface area contributed by atoms with Crippen LogP contribution in [0.1, 0.15) is 10.6 Å². The fraction of sp³-hybridized carbons (Fsp3) is 0.176. The number of carbonyl (C=O) groups is 1. The summed E-state index contributed by atoms with van der Waals surface area (Å²) in [5.41, 5.74) is 4.87. The van der Waals surface area contributed by atoms with Gasteiger partial charge < -0.3 is 15.2 Å². The molecule has 148 valence electrons. The largest absolute Gasteiger partial charge is 0.573 e. The highest BCUT2D eigenvalue weighted by Gasteiger charge is 2.31. The molecule has 0 spiro atoms. The Morgan fingerprint density at radius 2 is 1.93 bits per heavy atom. The van der Waals surface area contributed by atoms with Gasteiger partial charge in [0.1, 0.15) is 23.2 Å². The zero-order valence-corrected chi connectivity index (χ0v) is 14.7. The van der Waals surface area contributed by atoms with Gasteiger partial charge in [-0.05, 0) is 30.3 Å². The van der Waals surface area contributed by atoms with Gasteiger partial charge in [0.25, 0.3) is 0 Å². The number of alkyl halides is 3. The average Bonchev–Trinajstić information content (AvgIpc) is 2.98. The molecule has 0 aliphatic rings. The molecule has 2 N–H and O–H groups in total. The lowest BCUT2D eigenvalue weighted by molar-refractivity contribution is -0.274. The van der Waals surface area contributed by atoms with Crippen LogP contribution in [0.25, 0.3) is 10.2 Å². The van der Waals surface area contributed by atoms with Crippen LogP contribution in [-0.4, -0.2) is 17.3 Å². The minimum atomic E-state index is -4.81. The van der Waals surface area contributed by atoms with E-state index < -0.39 is 41.6 Å². The number of aromatic nitrogens is 1. The molecule has 0 aliphatic carbocycles. The second-order valence-electron chi connectivity index (χ2n) is 5.55. The smallest absolute Gasteiger partial charge is 0.483 e. The molecule has 3 rings (SSSR count). The number of hydrogen-bond acceptors (Lipinski definition) is 5. The standard InChI is InChI=1S/C17H11F5N2O3S/c18-10-2-4-12(16(19)9(10)6-14(23)25)26-7-15-24-11-3-1-8(5-13(11)28-15)27-17(20,21)22/h1-5H,6-7H2,(H2,23,25). The predicted molar refractivity (Wildman–Crippen MR) is 89.9 cm³/mol. The number of rotatable bonds is 6. The van der Waals surface area contributed by atoms with E-state index in [4.69, 9.17) is 10.5 Å². The normalized spacial score (nSPS) is 11.6. The number of nitrogens with two attached hydrogens (primary N) is 1. The maximum absolute atomic E-state index is 14.3. The van der Waals surface area contributed by atoms with E-state index in [1.165, 1.54) is 12.1 Å². The zero-order chi connectivity index (χ0) is 20.5. The lowest BCUT2D eigenvalue weighted by Crippen LogP contribution is -2.16. The highest BCUT2D eigenvalue weighted by molar-refractivity contribution is 7.18. The Hall–Kier alpha value is -2.95. The van der Waals surface area contributed by atoms with E-state index in [0.717, 1.165) is 29.5 Å². The van der Waals surface area contributed by atoms with E-state index in [1.807, 2.05) is 0 Å². The Balaban J connectivity index is 1.77. The predicted octanol–water partition coefficient (Wildman–Crippen LogP) is 4.08. The number of nitrogens with zero attached hydrogens (tertiary/aromatic N) is 1. The maximum atomic E-state index is 14.3. The molecule has 3 aromatic rings. The summed E-state index contributed by atoms with van der Waals surface area (Å²) in [5, 5.41) is 0.347. The molecule has 0 fully saturated rings. The van der Waals surface area contributed by atoms with Crippen LogP contribution in [0.2, 0.25) is 0 Å². The SMILES string of the molecule is NC(=O)Cc1c(F)ccc(OCc2nc3ccc(OC(F)(F)F)cc3s2)c1F. The van der Waals surface area contributed by atoms with E-state index in [9.17, 15) is 26.7 Å². The van der Waals surface area contributed by atoms with Crippen LogP contribution in [0.3, 0.4) is 0 Å². The van der Waals surface area contributed by atoms with Gasteiger partial charge in [0.05, 0.1) is 16.6 Å². The summed E-state index contributed by atoms with van der Waals surface area (Å²) in [5.74, 6) is -3.59. The molecular weight excluding hydrogens is 407 g/mol. The lowest BCUT2D eigenvalue weighted by Gasteiger charge is -2.09. The van der Waals surface area contributed by atoms with Crippen LogP contribution < -0.4 is 15.2 Å². The number of thiazole rings is 1. The average molecular weight is 418 g/mol. The number of amides is 1. The number of ether oxygens (including phenoxy) is 2. The van der Waals surface area contributed by atoms with Gasteiger partial charge in [0.2, 0.25) is 5.91 Å². The van der Waals surface area contributed by atoms with E-state index in [0.29, 0.717) is 15.2 Å². The summed E-state index contributed by atoms with van der Waals surface area (Å²) in [6.07, 6.45) is -5.44. The first-order valence-electron chi connectivity index (χ1n) is 7.65. The summed E-state index contributed by atoms with van der Waals surface area (Å²) in [6, 6.07) is 5.64. The molecule has 0 saturated heterocycles.